The van der Waals surface area contributed by atoms with Crippen LogP contribution >= 0.6 is 11.6 Å². The van der Waals surface area contributed by atoms with Crippen molar-refractivity contribution in [2.24, 2.45) is 0 Å². The second-order valence-corrected chi connectivity index (χ2v) is 8.62. The highest BCUT2D eigenvalue weighted by atomic mass is 35.5. The molecule has 0 bridgehead atoms. The molecule has 0 saturated heterocycles. The minimum absolute atomic E-state index is 0.0325. The summed E-state index contributed by atoms with van der Waals surface area (Å²) in [5.41, 5.74) is 0.731. The van der Waals surface area contributed by atoms with E-state index in [0.29, 0.717) is 18.8 Å². The summed E-state index contributed by atoms with van der Waals surface area (Å²) in [6.07, 6.45) is 1.36. The number of nitrogens with one attached hydrogen (secondary N) is 1. The fraction of sp³-hybridized carbons (Fsp3) is 0.238. The number of rotatable bonds is 8. The molecule has 0 fully saturated rings. The van der Waals surface area contributed by atoms with Gasteiger partial charge in [-0.2, -0.15) is 5.10 Å². The van der Waals surface area contributed by atoms with E-state index >= 15 is 0 Å². The summed E-state index contributed by atoms with van der Waals surface area (Å²) < 4.78 is 35.7. The average Bonchev–Trinajstić information content (AvgIpc) is 3.17. The van der Waals surface area contributed by atoms with E-state index in [0.717, 1.165) is 0 Å². The molecule has 2 aromatic carbocycles. The van der Waals surface area contributed by atoms with Gasteiger partial charge in [0.15, 0.2) is 5.82 Å². The van der Waals surface area contributed by atoms with Gasteiger partial charge >= 0.3 is 0 Å². The fourth-order valence-corrected chi connectivity index (χ4v) is 4.59. The number of methoxy groups -OCH3 is 1. The highest BCUT2D eigenvalue weighted by Crippen LogP contribution is 2.30. The molecule has 0 radical (unpaired) electrons. The number of halogens is 1. The Hall–Kier alpha value is -3.04. The first-order valence-electron chi connectivity index (χ1n) is 9.61. The number of aromatic nitrogens is 2. The molecule has 10 heteroatoms. The van der Waals surface area contributed by atoms with Crippen LogP contribution in [0.2, 0.25) is 5.02 Å². The van der Waals surface area contributed by atoms with Crippen LogP contribution in [0.15, 0.2) is 59.6 Å². The zero-order valence-corrected chi connectivity index (χ0v) is 18.9. The molecule has 0 atom stereocenters. The molecule has 3 rings (SSSR count). The summed E-state index contributed by atoms with van der Waals surface area (Å²) in [7, 11) is -2.80. The van der Waals surface area contributed by atoms with E-state index in [4.69, 9.17) is 16.3 Å². The molecule has 0 spiro atoms. The lowest BCUT2D eigenvalue weighted by Crippen LogP contribution is -2.31. The highest BCUT2D eigenvalue weighted by Gasteiger charge is 2.28. The van der Waals surface area contributed by atoms with Gasteiger partial charge in [-0.05, 0) is 44.2 Å². The van der Waals surface area contributed by atoms with Gasteiger partial charge in [-0.3, -0.25) is 9.52 Å². The van der Waals surface area contributed by atoms with E-state index in [-0.39, 0.29) is 33.0 Å². The van der Waals surface area contributed by atoms with Crippen molar-refractivity contribution in [2.75, 3.05) is 24.9 Å². The molecule has 8 nitrogen and oxygen atoms in total. The molecule has 0 aliphatic rings. The number of carbonyl (C=O) groups excluding carboxylic acids is 1. The Morgan fingerprint density at radius 3 is 2.45 bits per heavy atom. The number of amides is 1. The van der Waals surface area contributed by atoms with Crippen LogP contribution in [-0.2, 0) is 10.0 Å². The molecule has 0 aliphatic heterocycles. The second-order valence-electron chi connectivity index (χ2n) is 6.53. The number of nitrogens with zero attached hydrogens (tertiary/aromatic N) is 3. The maximum atomic E-state index is 13.3. The molecular weight excluding hydrogens is 440 g/mol. The molecule has 31 heavy (non-hydrogen) atoms. The van der Waals surface area contributed by atoms with Gasteiger partial charge in [-0.25, -0.2) is 13.1 Å². The van der Waals surface area contributed by atoms with Crippen LogP contribution < -0.4 is 9.46 Å². The Balaban J connectivity index is 2.15. The molecule has 3 aromatic rings. The van der Waals surface area contributed by atoms with Crippen molar-refractivity contribution < 1.29 is 17.9 Å². The van der Waals surface area contributed by atoms with Crippen LogP contribution in [0.1, 0.15) is 24.2 Å². The molecule has 1 N–H and O–H groups in total. The normalized spacial score (nSPS) is 11.2. The largest absolute Gasteiger partial charge is 0.495 e. The van der Waals surface area contributed by atoms with Gasteiger partial charge in [-0.1, -0.05) is 29.8 Å². The van der Waals surface area contributed by atoms with E-state index in [1.165, 1.54) is 36.2 Å². The Kier molecular flexibility index (Phi) is 6.87. The van der Waals surface area contributed by atoms with Gasteiger partial charge in [0.25, 0.3) is 15.9 Å². The maximum absolute atomic E-state index is 13.3. The Labute approximate surface area is 186 Å². The van der Waals surface area contributed by atoms with Crippen LogP contribution in [0.3, 0.4) is 0 Å². The predicted octanol–water partition coefficient (Wildman–Crippen LogP) is 3.82. The SMILES string of the molecule is CCN(CC)C(=O)c1cnn(-c2ccccc2)c1NS(=O)(=O)c1cc(Cl)ccc1OC. The Morgan fingerprint density at radius 2 is 1.84 bits per heavy atom. The van der Waals surface area contributed by atoms with Crippen molar-refractivity contribution in [3.63, 3.8) is 0 Å². The predicted molar refractivity (Wildman–Crippen MR) is 120 cm³/mol. The van der Waals surface area contributed by atoms with E-state index in [1.807, 2.05) is 19.9 Å². The topological polar surface area (TPSA) is 93.5 Å². The van der Waals surface area contributed by atoms with Crippen molar-refractivity contribution in [3.8, 4) is 11.4 Å². The van der Waals surface area contributed by atoms with Crippen LogP contribution in [0.5, 0.6) is 5.75 Å². The quantitative estimate of drug-likeness (QED) is 0.549. The average molecular weight is 463 g/mol. The number of para-hydroxylation sites is 1. The van der Waals surface area contributed by atoms with Crippen LogP contribution in [0.4, 0.5) is 5.82 Å². The zero-order chi connectivity index (χ0) is 22.6. The lowest BCUT2D eigenvalue weighted by Gasteiger charge is -2.19. The lowest BCUT2D eigenvalue weighted by atomic mass is 10.2. The van der Waals surface area contributed by atoms with E-state index in [9.17, 15) is 13.2 Å². The summed E-state index contributed by atoms with van der Waals surface area (Å²) in [6, 6.07) is 13.2. The monoisotopic (exact) mass is 462 g/mol. The molecule has 0 unspecified atom stereocenters. The molecule has 0 aliphatic carbocycles. The molecule has 1 aromatic heterocycles. The third-order valence-corrected chi connectivity index (χ3v) is 6.29. The number of ether oxygens (including phenoxy) is 1. The van der Waals surface area contributed by atoms with Crippen LogP contribution in [-0.4, -0.2) is 49.2 Å². The zero-order valence-electron chi connectivity index (χ0n) is 17.4. The van der Waals surface area contributed by atoms with E-state index in [2.05, 4.69) is 9.82 Å². The number of hydrogen-bond acceptors (Lipinski definition) is 5. The highest BCUT2D eigenvalue weighted by molar-refractivity contribution is 7.92. The first-order chi connectivity index (χ1) is 14.8. The summed E-state index contributed by atoms with van der Waals surface area (Å²) in [5, 5.41) is 4.51. The van der Waals surface area contributed by atoms with Crippen molar-refractivity contribution in [3.05, 3.63) is 65.3 Å². The van der Waals surface area contributed by atoms with Gasteiger partial charge in [-0.15, -0.1) is 0 Å². The Morgan fingerprint density at radius 1 is 1.16 bits per heavy atom. The summed E-state index contributed by atoms with van der Waals surface area (Å²) in [6.45, 7) is 4.65. The number of anilines is 1. The molecule has 1 heterocycles. The minimum atomic E-state index is -4.17. The van der Waals surface area contributed by atoms with Crippen LogP contribution in [0.25, 0.3) is 5.69 Å². The van der Waals surface area contributed by atoms with Gasteiger partial charge in [0, 0.05) is 18.1 Å². The number of hydrogen-bond donors (Lipinski definition) is 1. The third-order valence-electron chi connectivity index (χ3n) is 4.70. The van der Waals surface area contributed by atoms with Crippen LogP contribution in [0, 0.1) is 0 Å². The van der Waals surface area contributed by atoms with Gasteiger partial charge in [0.2, 0.25) is 0 Å². The molecule has 1 amide bonds. The smallest absolute Gasteiger partial charge is 0.266 e. The van der Waals surface area contributed by atoms with Gasteiger partial charge in [0.05, 0.1) is 19.0 Å². The summed E-state index contributed by atoms with van der Waals surface area (Å²) in [5.74, 6) is -0.174. The summed E-state index contributed by atoms with van der Waals surface area (Å²) in [4.78, 5) is 14.5. The summed E-state index contributed by atoms with van der Waals surface area (Å²) >= 11 is 6.02. The first-order valence-corrected chi connectivity index (χ1v) is 11.5. The van der Waals surface area contributed by atoms with Gasteiger partial charge < -0.3 is 9.64 Å². The molecular formula is C21H23ClN4O4S. The number of carbonyl (C=O) groups is 1. The fourth-order valence-electron chi connectivity index (χ4n) is 3.09. The molecule has 0 saturated carbocycles. The third kappa shape index (κ3) is 4.67. The number of sulfonamides is 1. The van der Waals surface area contributed by atoms with Crippen molar-refractivity contribution in [2.45, 2.75) is 18.7 Å². The van der Waals surface area contributed by atoms with Crippen molar-refractivity contribution >= 4 is 33.3 Å². The maximum Gasteiger partial charge on any atom is 0.266 e. The van der Waals surface area contributed by atoms with Crippen molar-refractivity contribution in [1.82, 2.24) is 14.7 Å². The standard InChI is InChI=1S/C21H23ClN4O4S/c1-4-25(5-2)21(27)17-14-23-26(16-9-7-6-8-10-16)20(17)24-31(28,29)19-13-15(22)11-12-18(19)30-3/h6-14,24H,4-5H2,1-3H3. The number of benzene rings is 2. The Bertz CT molecular complexity index is 1180. The van der Waals surface area contributed by atoms with E-state index < -0.39 is 10.0 Å². The van der Waals surface area contributed by atoms with Gasteiger partial charge in [0.1, 0.15) is 16.2 Å². The lowest BCUT2D eigenvalue weighted by molar-refractivity contribution is 0.0774. The first kappa shape index (κ1) is 22.6. The van der Waals surface area contributed by atoms with E-state index in [1.54, 1.807) is 29.2 Å². The minimum Gasteiger partial charge on any atom is -0.495 e. The molecule has 164 valence electrons. The second kappa shape index (κ2) is 9.40. The van der Waals surface area contributed by atoms with Crippen molar-refractivity contribution in [1.29, 1.82) is 0 Å².